The van der Waals surface area contributed by atoms with Crippen LogP contribution in [0.2, 0.25) is 0 Å². The van der Waals surface area contributed by atoms with Crippen LogP contribution < -0.4 is 10.8 Å². The van der Waals surface area contributed by atoms with Gasteiger partial charge < -0.3 is 25.2 Å². The number of halogens is 1. The topological polar surface area (TPSA) is 82.0 Å². The van der Waals surface area contributed by atoms with E-state index >= 15 is 0 Å². The molecule has 0 fully saturated rings. The molecule has 0 spiro atoms. The number of hydrogen-bond acceptors (Lipinski definition) is 5. The van der Waals surface area contributed by atoms with Gasteiger partial charge in [-0.3, -0.25) is 0 Å². The summed E-state index contributed by atoms with van der Waals surface area (Å²) in [5, 5.41) is 30.1. The first-order chi connectivity index (χ1) is 8.11. The maximum absolute atomic E-state index is 13.3. The van der Waals surface area contributed by atoms with Gasteiger partial charge in [0.2, 0.25) is 0 Å². The molecule has 0 saturated carbocycles. The highest BCUT2D eigenvalue weighted by molar-refractivity contribution is 6.61. The summed E-state index contributed by atoms with van der Waals surface area (Å²) in [7, 11) is -1.11. The molecule has 92 valence electrons. The van der Waals surface area contributed by atoms with Crippen molar-refractivity contribution in [2.45, 2.75) is 12.7 Å². The average molecular weight is 241 g/mol. The van der Waals surface area contributed by atoms with Crippen molar-refractivity contribution in [2.75, 3.05) is 18.5 Å². The third kappa shape index (κ3) is 2.58. The van der Waals surface area contributed by atoms with Crippen molar-refractivity contribution in [3.63, 3.8) is 0 Å². The highest BCUT2D eigenvalue weighted by atomic mass is 19.1. The fraction of sp³-hybridized carbons (Fsp3) is 0.400. The van der Waals surface area contributed by atoms with Gasteiger partial charge in [-0.15, -0.1) is 0 Å². The van der Waals surface area contributed by atoms with Crippen LogP contribution in [0.1, 0.15) is 5.56 Å². The lowest BCUT2D eigenvalue weighted by atomic mass is 9.79. The van der Waals surface area contributed by atoms with Crippen LogP contribution in [0, 0.1) is 5.82 Å². The molecule has 0 saturated heterocycles. The number of hydrogen-bond donors (Lipinski definition) is 4. The highest BCUT2D eigenvalue weighted by Gasteiger charge is 2.30. The molecule has 4 N–H and O–H groups in total. The maximum Gasteiger partial charge on any atom is 0.491 e. The SMILES string of the molecule is OCC(O)CNc1cc(F)cc2c1COB2O. The summed E-state index contributed by atoms with van der Waals surface area (Å²) in [5.74, 6) is -0.491. The Balaban J connectivity index is 2.20. The summed E-state index contributed by atoms with van der Waals surface area (Å²) in [6.45, 7) is -0.0829. The van der Waals surface area contributed by atoms with Gasteiger partial charge in [-0.2, -0.15) is 0 Å². The Hall–Kier alpha value is -1.15. The molecule has 0 bridgehead atoms. The molecule has 1 atom stereocenters. The summed E-state index contributed by atoms with van der Waals surface area (Å²) < 4.78 is 18.3. The van der Waals surface area contributed by atoms with Crippen molar-refractivity contribution in [3.8, 4) is 0 Å². The lowest BCUT2D eigenvalue weighted by Crippen LogP contribution is -2.29. The molecule has 1 heterocycles. The molecule has 1 aliphatic rings. The Morgan fingerprint density at radius 1 is 1.53 bits per heavy atom. The van der Waals surface area contributed by atoms with Gasteiger partial charge in [0.1, 0.15) is 5.82 Å². The second kappa shape index (κ2) is 5.01. The van der Waals surface area contributed by atoms with Crippen LogP contribution in [0.15, 0.2) is 12.1 Å². The molecule has 0 aliphatic carbocycles. The maximum atomic E-state index is 13.3. The molecule has 17 heavy (non-hydrogen) atoms. The van der Waals surface area contributed by atoms with Crippen LogP contribution in [0.25, 0.3) is 0 Å². The summed E-state index contributed by atoms with van der Waals surface area (Å²) >= 11 is 0. The summed E-state index contributed by atoms with van der Waals surface area (Å²) in [6.07, 6.45) is -0.916. The van der Waals surface area contributed by atoms with E-state index < -0.39 is 19.0 Å². The molecule has 1 aliphatic heterocycles. The number of rotatable bonds is 4. The fourth-order valence-electron chi connectivity index (χ4n) is 1.74. The minimum absolute atomic E-state index is 0.0997. The van der Waals surface area contributed by atoms with Crippen LogP contribution in [-0.4, -0.2) is 41.6 Å². The van der Waals surface area contributed by atoms with E-state index in [4.69, 9.17) is 9.76 Å². The Bertz CT molecular complexity index is 418. The zero-order valence-electron chi connectivity index (χ0n) is 9.06. The lowest BCUT2D eigenvalue weighted by molar-refractivity contribution is 0.105. The number of fused-ring (bicyclic) bond motifs is 1. The first-order valence-electron chi connectivity index (χ1n) is 5.26. The number of benzene rings is 1. The van der Waals surface area contributed by atoms with Crippen molar-refractivity contribution in [1.82, 2.24) is 0 Å². The highest BCUT2D eigenvalue weighted by Crippen LogP contribution is 2.21. The van der Waals surface area contributed by atoms with Crippen molar-refractivity contribution < 1.29 is 24.3 Å². The van der Waals surface area contributed by atoms with Gasteiger partial charge in [-0.05, 0) is 23.2 Å². The van der Waals surface area contributed by atoms with Crippen LogP contribution in [-0.2, 0) is 11.3 Å². The predicted octanol–water partition coefficient (Wildman–Crippen LogP) is -1.19. The number of anilines is 1. The molecule has 0 radical (unpaired) electrons. The standard InChI is InChI=1S/C10H13BFNO4/c12-6-1-9-8(5-17-11(9)16)10(2-6)13-3-7(15)4-14/h1-2,7,13-16H,3-5H2. The van der Waals surface area contributed by atoms with Crippen LogP contribution >= 0.6 is 0 Å². The normalized spacial score (nSPS) is 15.9. The van der Waals surface area contributed by atoms with E-state index in [0.29, 0.717) is 16.7 Å². The van der Waals surface area contributed by atoms with Crippen LogP contribution in [0.5, 0.6) is 0 Å². The van der Waals surface area contributed by atoms with Gasteiger partial charge >= 0.3 is 7.12 Å². The monoisotopic (exact) mass is 241 g/mol. The quantitative estimate of drug-likeness (QED) is 0.498. The number of nitrogens with one attached hydrogen (secondary N) is 1. The van der Waals surface area contributed by atoms with Crippen LogP contribution in [0.4, 0.5) is 10.1 Å². The molecular formula is C10H13BFNO4. The Labute approximate surface area is 98.0 Å². The summed E-state index contributed by atoms with van der Waals surface area (Å²) in [5.41, 5.74) is 1.53. The third-order valence-corrected chi connectivity index (χ3v) is 2.64. The zero-order chi connectivity index (χ0) is 12.4. The number of aliphatic hydroxyl groups is 2. The van der Waals surface area contributed by atoms with Crippen molar-refractivity contribution >= 4 is 18.3 Å². The van der Waals surface area contributed by atoms with Gasteiger partial charge in [0.15, 0.2) is 0 Å². The van der Waals surface area contributed by atoms with E-state index in [1.807, 2.05) is 0 Å². The van der Waals surface area contributed by atoms with E-state index in [1.165, 1.54) is 12.1 Å². The largest absolute Gasteiger partial charge is 0.491 e. The lowest BCUT2D eigenvalue weighted by Gasteiger charge is -2.13. The molecule has 5 nitrogen and oxygen atoms in total. The van der Waals surface area contributed by atoms with Crippen LogP contribution in [0.3, 0.4) is 0 Å². The minimum Gasteiger partial charge on any atom is -0.423 e. The fourth-order valence-corrected chi connectivity index (χ4v) is 1.74. The molecule has 1 unspecified atom stereocenters. The summed E-state index contributed by atoms with van der Waals surface area (Å²) in [4.78, 5) is 0. The van der Waals surface area contributed by atoms with Crippen molar-refractivity contribution in [3.05, 3.63) is 23.5 Å². The van der Waals surface area contributed by atoms with Gasteiger partial charge in [0.05, 0.1) is 19.3 Å². The smallest absolute Gasteiger partial charge is 0.423 e. The molecule has 2 rings (SSSR count). The van der Waals surface area contributed by atoms with E-state index in [-0.39, 0.29) is 19.8 Å². The van der Waals surface area contributed by atoms with Gasteiger partial charge in [-0.25, -0.2) is 4.39 Å². The molecule has 7 heteroatoms. The van der Waals surface area contributed by atoms with Gasteiger partial charge in [0.25, 0.3) is 0 Å². The molecule has 0 amide bonds. The Morgan fingerprint density at radius 2 is 2.29 bits per heavy atom. The molecule has 1 aromatic rings. The minimum atomic E-state index is -1.11. The second-order valence-corrected chi connectivity index (χ2v) is 3.90. The van der Waals surface area contributed by atoms with Crippen molar-refractivity contribution in [2.24, 2.45) is 0 Å². The zero-order valence-corrected chi connectivity index (χ0v) is 9.06. The Morgan fingerprint density at radius 3 is 3.00 bits per heavy atom. The van der Waals surface area contributed by atoms with E-state index in [1.54, 1.807) is 0 Å². The third-order valence-electron chi connectivity index (χ3n) is 2.64. The second-order valence-electron chi connectivity index (χ2n) is 3.90. The first-order valence-corrected chi connectivity index (χ1v) is 5.26. The Kier molecular flexibility index (Phi) is 3.63. The average Bonchev–Trinajstić information content (AvgIpc) is 2.68. The molecular weight excluding hydrogens is 228 g/mol. The number of aliphatic hydroxyl groups excluding tert-OH is 2. The predicted molar refractivity (Wildman–Crippen MR) is 60.4 cm³/mol. The van der Waals surface area contributed by atoms with E-state index in [2.05, 4.69) is 5.32 Å². The van der Waals surface area contributed by atoms with Gasteiger partial charge in [0, 0.05) is 12.2 Å². The van der Waals surface area contributed by atoms with E-state index in [0.717, 1.165) is 0 Å². The molecule has 0 aromatic heterocycles. The molecule has 1 aromatic carbocycles. The van der Waals surface area contributed by atoms with E-state index in [9.17, 15) is 14.5 Å². The van der Waals surface area contributed by atoms with Gasteiger partial charge in [-0.1, -0.05) is 0 Å². The summed E-state index contributed by atoms with van der Waals surface area (Å²) in [6, 6.07) is 2.49. The van der Waals surface area contributed by atoms with Crippen molar-refractivity contribution in [1.29, 1.82) is 0 Å². The first kappa shape index (κ1) is 12.3.